The highest BCUT2D eigenvalue weighted by Crippen LogP contribution is 2.06. The van der Waals surface area contributed by atoms with Crippen molar-refractivity contribution in [1.82, 2.24) is 20.5 Å². The molecule has 0 spiro atoms. The van der Waals surface area contributed by atoms with Crippen LogP contribution in [-0.4, -0.2) is 48.9 Å². The maximum Gasteiger partial charge on any atom is 0.251 e. The van der Waals surface area contributed by atoms with Crippen molar-refractivity contribution in [2.45, 2.75) is 6.54 Å². The molecule has 6 nitrogen and oxygen atoms in total. The number of aromatic nitrogens is 1. The number of amides is 2. The molecule has 0 atom stereocenters. The van der Waals surface area contributed by atoms with Crippen LogP contribution in [0.25, 0.3) is 0 Å². The van der Waals surface area contributed by atoms with Gasteiger partial charge in [-0.1, -0.05) is 12.1 Å². The number of pyridine rings is 1. The van der Waals surface area contributed by atoms with Gasteiger partial charge in [-0.15, -0.1) is 0 Å². The lowest BCUT2D eigenvalue weighted by molar-refractivity contribution is 0.0950. The van der Waals surface area contributed by atoms with Gasteiger partial charge in [0.15, 0.2) is 0 Å². The highest BCUT2D eigenvalue weighted by molar-refractivity contribution is 5.99. The zero-order chi connectivity index (χ0) is 17.4. The first-order chi connectivity index (χ1) is 11.6. The van der Waals surface area contributed by atoms with Crippen molar-refractivity contribution in [3.63, 3.8) is 0 Å². The highest BCUT2D eigenvalue weighted by atomic mass is 16.2. The zero-order valence-electron chi connectivity index (χ0n) is 14.0. The number of rotatable bonds is 7. The van der Waals surface area contributed by atoms with Gasteiger partial charge in [-0.25, -0.2) is 0 Å². The summed E-state index contributed by atoms with van der Waals surface area (Å²) in [5.74, 6) is -0.417. The third-order valence-electron chi connectivity index (χ3n) is 3.39. The van der Waals surface area contributed by atoms with E-state index in [1.807, 2.05) is 37.2 Å². The van der Waals surface area contributed by atoms with Gasteiger partial charge in [0.1, 0.15) is 0 Å². The lowest BCUT2D eigenvalue weighted by atomic mass is 10.1. The third kappa shape index (κ3) is 5.48. The monoisotopic (exact) mass is 326 g/mol. The average Bonchev–Trinajstić information content (AvgIpc) is 2.60. The van der Waals surface area contributed by atoms with E-state index in [0.717, 1.165) is 12.2 Å². The van der Waals surface area contributed by atoms with Crippen LogP contribution in [0.15, 0.2) is 48.7 Å². The molecule has 126 valence electrons. The van der Waals surface area contributed by atoms with Gasteiger partial charge < -0.3 is 15.5 Å². The first-order valence-electron chi connectivity index (χ1n) is 7.77. The van der Waals surface area contributed by atoms with E-state index in [4.69, 9.17) is 0 Å². The van der Waals surface area contributed by atoms with Crippen molar-refractivity contribution in [2.75, 3.05) is 27.2 Å². The van der Waals surface area contributed by atoms with Crippen LogP contribution < -0.4 is 10.6 Å². The van der Waals surface area contributed by atoms with Crippen LogP contribution in [0.2, 0.25) is 0 Å². The molecule has 6 heteroatoms. The minimum Gasteiger partial charge on any atom is -0.351 e. The Morgan fingerprint density at radius 2 is 1.71 bits per heavy atom. The minimum atomic E-state index is -0.233. The number of likely N-dealkylation sites (N-methyl/N-ethyl adjacent to an activating group) is 1. The van der Waals surface area contributed by atoms with Gasteiger partial charge in [0.2, 0.25) is 0 Å². The minimum absolute atomic E-state index is 0.184. The topological polar surface area (TPSA) is 74.3 Å². The summed E-state index contributed by atoms with van der Waals surface area (Å²) in [4.78, 5) is 30.5. The van der Waals surface area contributed by atoms with Crippen molar-refractivity contribution in [3.8, 4) is 0 Å². The highest BCUT2D eigenvalue weighted by Gasteiger charge is 2.10. The standard InChI is InChI=1S/C18H22N4O2/c1-22(2)11-10-20-17(23)14-6-5-7-15(12-14)18(24)21-13-16-8-3-4-9-19-16/h3-9,12H,10-11,13H2,1-2H3,(H,20,23)(H,21,24). The van der Waals surface area contributed by atoms with E-state index in [1.165, 1.54) is 0 Å². The quantitative estimate of drug-likeness (QED) is 0.804. The predicted octanol–water partition coefficient (Wildman–Crippen LogP) is 1.30. The van der Waals surface area contributed by atoms with Gasteiger partial charge in [0.25, 0.3) is 11.8 Å². The summed E-state index contributed by atoms with van der Waals surface area (Å²) in [5.41, 5.74) is 1.70. The SMILES string of the molecule is CN(C)CCNC(=O)c1cccc(C(=O)NCc2ccccn2)c1. The zero-order valence-corrected chi connectivity index (χ0v) is 14.0. The summed E-state index contributed by atoms with van der Waals surface area (Å²) in [6.07, 6.45) is 1.68. The van der Waals surface area contributed by atoms with E-state index in [2.05, 4.69) is 15.6 Å². The molecule has 2 rings (SSSR count). The van der Waals surface area contributed by atoms with Crippen LogP contribution in [0.3, 0.4) is 0 Å². The van der Waals surface area contributed by atoms with Gasteiger partial charge in [0, 0.05) is 30.4 Å². The molecule has 1 aromatic heterocycles. The van der Waals surface area contributed by atoms with E-state index in [0.29, 0.717) is 24.2 Å². The third-order valence-corrected chi connectivity index (χ3v) is 3.39. The molecule has 1 aromatic carbocycles. The Balaban J connectivity index is 1.93. The molecule has 0 aliphatic rings. The molecule has 0 saturated heterocycles. The van der Waals surface area contributed by atoms with Gasteiger partial charge >= 0.3 is 0 Å². The molecule has 24 heavy (non-hydrogen) atoms. The van der Waals surface area contributed by atoms with Crippen molar-refractivity contribution >= 4 is 11.8 Å². The van der Waals surface area contributed by atoms with Crippen LogP contribution in [0.4, 0.5) is 0 Å². The molecule has 2 aromatic rings. The Bertz CT molecular complexity index is 686. The van der Waals surface area contributed by atoms with Crippen LogP contribution in [-0.2, 0) is 6.54 Å². The molecule has 2 amide bonds. The largest absolute Gasteiger partial charge is 0.351 e. The molecule has 0 radical (unpaired) electrons. The van der Waals surface area contributed by atoms with Crippen molar-refractivity contribution in [2.24, 2.45) is 0 Å². The summed E-state index contributed by atoms with van der Waals surface area (Å²) in [7, 11) is 3.89. The second kappa shape index (κ2) is 8.79. The predicted molar refractivity (Wildman–Crippen MR) is 92.7 cm³/mol. The Morgan fingerprint density at radius 3 is 2.33 bits per heavy atom. The lowest BCUT2D eigenvalue weighted by Gasteiger charge is -2.11. The smallest absolute Gasteiger partial charge is 0.251 e. The summed E-state index contributed by atoms with van der Waals surface area (Å²) in [6, 6.07) is 12.2. The van der Waals surface area contributed by atoms with Crippen molar-refractivity contribution in [3.05, 3.63) is 65.5 Å². The summed E-state index contributed by atoms with van der Waals surface area (Å²) >= 11 is 0. The Hall–Kier alpha value is -2.73. The van der Waals surface area contributed by atoms with Crippen LogP contribution in [0, 0.1) is 0 Å². The number of carbonyl (C=O) groups is 2. The number of hydrogen-bond donors (Lipinski definition) is 2. The first kappa shape index (κ1) is 17.6. The van der Waals surface area contributed by atoms with Crippen LogP contribution in [0.5, 0.6) is 0 Å². The lowest BCUT2D eigenvalue weighted by Crippen LogP contribution is -2.31. The van der Waals surface area contributed by atoms with Crippen LogP contribution >= 0.6 is 0 Å². The van der Waals surface area contributed by atoms with E-state index in [-0.39, 0.29) is 11.8 Å². The maximum atomic E-state index is 12.2. The molecule has 0 saturated carbocycles. The summed E-state index contributed by atoms with van der Waals surface area (Å²) in [5, 5.41) is 5.63. The fourth-order valence-corrected chi connectivity index (χ4v) is 2.07. The molecule has 1 heterocycles. The van der Waals surface area contributed by atoms with Gasteiger partial charge in [-0.05, 0) is 44.4 Å². The maximum absolute atomic E-state index is 12.2. The summed E-state index contributed by atoms with van der Waals surface area (Å²) in [6.45, 7) is 1.66. The fourth-order valence-electron chi connectivity index (χ4n) is 2.07. The molecule has 0 bridgehead atoms. The number of hydrogen-bond acceptors (Lipinski definition) is 4. The first-order valence-corrected chi connectivity index (χ1v) is 7.77. The second-order valence-electron chi connectivity index (χ2n) is 5.64. The van der Waals surface area contributed by atoms with E-state index in [1.54, 1.807) is 30.5 Å². The van der Waals surface area contributed by atoms with E-state index in [9.17, 15) is 9.59 Å². The van der Waals surface area contributed by atoms with Crippen molar-refractivity contribution < 1.29 is 9.59 Å². The Morgan fingerprint density at radius 1 is 1.00 bits per heavy atom. The average molecular weight is 326 g/mol. The van der Waals surface area contributed by atoms with E-state index >= 15 is 0 Å². The molecule has 0 aliphatic carbocycles. The molecule has 2 N–H and O–H groups in total. The number of nitrogens with one attached hydrogen (secondary N) is 2. The number of carbonyl (C=O) groups excluding carboxylic acids is 2. The van der Waals surface area contributed by atoms with Gasteiger partial charge in [0.05, 0.1) is 12.2 Å². The number of nitrogens with zero attached hydrogens (tertiary/aromatic N) is 2. The van der Waals surface area contributed by atoms with Crippen LogP contribution in [0.1, 0.15) is 26.4 Å². The molecule has 0 aliphatic heterocycles. The Labute approximate surface area is 141 Å². The fraction of sp³-hybridized carbons (Fsp3) is 0.278. The molecule has 0 unspecified atom stereocenters. The second-order valence-corrected chi connectivity index (χ2v) is 5.64. The Kier molecular flexibility index (Phi) is 6.45. The molecular formula is C18H22N4O2. The number of benzene rings is 1. The van der Waals surface area contributed by atoms with E-state index < -0.39 is 0 Å². The normalized spacial score (nSPS) is 10.5. The molecular weight excluding hydrogens is 304 g/mol. The molecule has 0 fully saturated rings. The van der Waals surface area contributed by atoms with Gasteiger partial charge in [-0.2, -0.15) is 0 Å². The summed E-state index contributed by atoms with van der Waals surface area (Å²) < 4.78 is 0. The van der Waals surface area contributed by atoms with Crippen molar-refractivity contribution in [1.29, 1.82) is 0 Å². The van der Waals surface area contributed by atoms with Gasteiger partial charge in [-0.3, -0.25) is 14.6 Å².